The number of ether oxygens (including phenoxy) is 1. The van der Waals surface area contributed by atoms with Crippen LogP contribution >= 0.6 is 0 Å². The van der Waals surface area contributed by atoms with Crippen molar-refractivity contribution in [1.82, 2.24) is 0 Å². The molecule has 1 N–H and O–H groups in total. The normalized spacial score (nSPS) is 35.6. The molecule has 3 atom stereocenters. The van der Waals surface area contributed by atoms with Gasteiger partial charge in [0.15, 0.2) is 0 Å². The van der Waals surface area contributed by atoms with Crippen LogP contribution < -0.4 is 4.74 Å². The average Bonchev–Trinajstić information content (AvgIpc) is 2.46. The summed E-state index contributed by atoms with van der Waals surface area (Å²) >= 11 is 0. The smallest absolute Gasteiger partial charge is 0.119 e. The second-order valence-corrected chi connectivity index (χ2v) is 6.42. The van der Waals surface area contributed by atoms with Crippen molar-refractivity contribution in [2.75, 3.05) is 7.11 Å². The zero-order valence-corrected chi connectivity index (χ0v) is 12.1. The average molecular weight is 271 g/mol. The Morgan fingerprint density at radius 3 is 2.90 bits per heavy atom. The number of nitriles is 1. The summed E-state index contributed by atoms with van der Waals surface area (Å²) in [6.07, 6.45) is 4.34. The Hall–Kier alpha value is -1.53. The molecular formula is C17H21NO2. The first-order chi connectivity index (χ1) is 9.53. The van der Waals surface area contributed by atoms with Crippen LogP contribution in [0.15, 0.2) is 18.2 Å². The van der Waals surface area contributed by atoms with E-state index in [0.29, 0.717) is 0 Å². The van der Waals surface area contributed by atoms with Crippen LogP contribution in [0.3, 0.4) is 0 Å². The maximum absolute atomic E-state index is 11.3. The number of hydrogen-bond acceptors (Lipinski definition) is 3. The Morgan fingerprint density at radius 2 is 2.20 bits per heavy atom. The number of methoxy groups -OCH3 is 1. The maximum Gasteiger partial charge on any atom is 0.119 e. The van der Waals surface area contributed by atoms with Gasteiger partial charge in [0.2, 0.25) is 0 Å². The number of hydrogen-bond donors (Lipinski definition) is 1. The molecule has 1 saturated carbocycles. The maximum atomic E-state index is 11.3. The Balaban J connectivity index is 2.09. The van der Waals surface area contributed by atoms with Crippen LogP contribution in [0, 0.1) is 22.7 Å². The largest absolute Gasteiger partial charge is 0.497 e. The summed E-state index contributed by atoms with van der Waals surface area (Å²) in [5.74, 6) is 0.874. The van der Waals surface area contributed by atoms with Gasteiger partial charge in [-0.15, -0.1) is 0 Å². The number of aryl methyl sites for hydroxylation is 1. The molecule has 0 amide bonds. The zero-order valence-electron chi connectivity index (χ0n) is 12.1. The van der Waals surface area contributed by atoms with Gasteiger partial charge in [0.05, 0.1) is 24.2 Å². The Labute approximate surface area is 120 Å². The highest BCUT2D eigenvalue weighted by atomic mass is 16.5. The van der Waals surface area contributed by atoms with Crippen LogP contribution in [0.1, 0.15) is 43.7 Å². The van der Waals surface area contributed by atoms with Gasteiger partial charge in [-0.3, -0.25) is 0 Å². The fourth-order valence-corrected chi connectivity index (χ4v) is 4.24. The molecule has 3 nitrogen and oxygen atoms in total. The van der Waals surface area contributed by atoms with Crippen molar-refractivity contribution in [2.45, 2.75) is 44.6 Å². The standard InChI is InChI=1S/C17H21NO2/c1-16(11-18)8-3-9-17(19)14-6-5-13(20-2)10-12(14)4-7-15(16)17/h5-6,10,15,19H,3-4,7-9H2,1-2H3/t15?,16-,17-/m0/s1. The minimum absolute atomic E-state index is 0.0367. The van der Waals surface area contributed by atoms with E-state index in [0.717, 1.165) is 43.4 Å². The second kappa shape index (κ2) is 4.49. The van der Waals surface area contributed by atoms with Gasteiger partial charge in [-0.25, -0.2) is 0 Å². The molecule has 3 heteroatoms. The predicted octanol–water partition coefficient (Wildman–Crippen LogP) is 3.16. The highest BCUT2D eigenvalue weighted by molar-refractivity contribution is 5.42. The molecule has 0 saturated heterocycles. The number of nitrogens with zero attached hydrogens (tertiary/aromatic N) is 1. The van der Waals surface area contributed by atoms with Gasteiger partial charge >= 0.3 is 0 Å². The van der Waals surface area contributed by atoms with Crippen LogP contribution in [-0.4, -0.2) is 12.2 Å². The van der Waals surface area contributed by atoms with Gasteiger partial charge in [-0.05, 0) is 62.3 Å². The summed E-state index contributed by atoms with van der Waals surface area (Å²) in [4.78, 5) is 0. The van der Waals surface area contributed by atoms with Gasteiger partial charge in [0, 0.05) is 5.92 Å². The molecule has 20 heavy (non-hydrogen) atoms. The van der Waals surface area contributed by atoms with E-state index in [-0.39, 0.29) is 5.92 Å². The quantitative estimate of drug-likeness (QED) is 0.853. The van der Waals surface area contributed by atoms with Crippen LogP contribution in [0.4, 0.5) is 0 Å². The SMILES string of the molecule is COc1ccc2c(c1)CCC1[C@](C)(C#N)CCC[C@]21O. The number of aliphatic hydroxyl groups is 1. The molecule has 2 aliphatic carbocycles. The predicted molar refractivity (Wildman–Crippen MR) is 76.3 cm³/mol. The molecule has 0 spiro atoms. The van der Waals surface area contributed by atoms with Gasteiger partial charge in [-0.1, -0.05) is 6.07 Å². The number of rotatable bonds is 1. The molecule has 1 fully saturated rings. The van der Waals surface area contributed by atoms with Gasteiger partial charge in [-0.2, -0.15) is 5.26 Å². The summed E-state index contributed by atoms with van der Waals surface area (Å²) in [5.41, 5.74) is 0.925. The summed E-state index contributed by atoms with van der Waals surface area (Å²) in [6.45, 7) is 2.01. The third-order valence-electron chi connectivity index (χ3n) is 5.34. The molecule has 1 unspecified atom stereocenters. The lowest BCUT2D eigenvalue weighted by molar-refractivity contribution is -0.106. The summed E-state index contributed by atoms with van der Waals surface area (Å²) in [7, 11) is 1.66. The minimum atomic E-state index is -0.845. The lowest BCUT2D eigenvalue weighted by atomic mass is 9.55. The minimum Gasteiger partial charge on any atom is -0.497 e. The van der Waals surface area contributed by atoms with Crippen molar-refractivity contribution in [3.63, 3.8) is 0 Å². The monoisotopic (exact) mass is 271 g/mol. The molecule has 0 radical (unpaired) electrons. The van der Waals surface area contributed by atoms with Crippen LogP contribution in [0.25, 0.3) is 0 Å². The summed E-state index contributed by atoms with van der Waals surface area (Å²) in [5, 5.41) is 20.8. The lowest BCUT2D eigenvalue weighted by Gasteiger charge is -2.51. The first-order valence-corrected chi connectivity index (χ1v) is 7.34. The molecule has 1 aromatic carbocycles. The van der Waals surface area contributed by atoms with E-state index in [1.807, 2.05) is 25.1 Å². The number of benzene rings is 1. The van der Waals surface area contributed by atoms with Gasteiger partial charge in [0.25, 0.3) is 0 Å². The molecule has 3 rings (SSSR count). The first kappa shape index (κ1) is 13.5. The summed E-state index contributed by atoms with van der Waals surface area (Å²) in [6, 6.07) is 8.41. The van der Waals surface area contributed by atoms with Crippen molar-refractivity contribution in [3.05, 3.63) is 29.3 Å². The van der Waals surface area contributed by atoms with Crippen molar-refractivity contribution >= 4 is 0 Å². The molecule has 0 heterocycles. The van der Waals surface area contributed by atoms with E-state index < -0.39 is 11.0 Å². The molecule has 1 aromatic rings. The third-order valence-corrected chi connectivity index (χ3v) is 5.34. The molecule has 0 aliphatic heterocycles. The summed E-state index contributed by atoms with van der Waals surface area (Å²) < 4.78 is 5.28. The molecule has 106 valence electrons. The van der Waals surface area contributed by atoms with E-state index in [2.05, 4.69) is 6.07 Å². The molecule has 0 aromatic heterocycles. The fourth-order valence-electron chi connectivity index (χ4n) is 4.24. The lowest BCUT2D eigenvalue weighted by Crippen LogP contribution is -2.50. The van der Waals surface area contributed by atoms with E-state index in [1.54, 1.807) is 7.11 Å². The van der Waals surface area contributed by atoms with E-state index in [4.69, 9.17) is 4.74 Å². The van der Waals surface area contributed by atoms with E-state index in [9.17, 15) is 10.4 Å². The highest BCUT2D eigenvalue weighted by Crippen LogP contribution is 2.55. The molecule has 0 bridgehead atoms. The van der Waals surface area contributed by atoms with Gasteiger partial charge < -0.3 is 9.84 Å². The zero-order chi connectivity index (χ0) is 14.4. The molecular weight excluding hydrogens is 250 g/mol. The Kier molecular flexibility index (Phi) is 3.02. The van der Waals surface area contributed by atoms with Gasteiger partial charge in [0.1, 0.15) is 5.75 Å². The second-order valence-electron chi connectivity index (χ2n) is 6.42. The van der Waals surface area contributed by atoms with Crippen molar-refractivity contribution in [2.24, 2.45) is 11.3 Å². The fraction of sp³-hybridized carbons (Fsp3) is 0.588. The van der Waals surface area contributed by atoms with Crippen molar-refractivity contribution < 1.29 is 9.84 Å². The van der Waals surface area contributed by atoms with Crippen LogP contribution in [0.5, 0.6) is 5.75 Å². The van der Waals surface area contributed by atoms with Crippen LogP contribution in [-0.2, 0) is 12.0 Å². The van der Waals surface area contributed by atoms with Crippen molar-refractivity contribution in [1.29, 1.82) is 5.26 Å². The molecule has 2 aliphatic rings. The van der Waals surface area contributed by atoms with Crippen molar-refractivity contribution in [3.8, 4) is 11.8 Å². The van der Waals surface area contributed by atoms with E-state index in [1.165, 1.54) is 5.56 Å². The first-order valence-electron chi connectivity index (χ1n) is 7.34. The highest BCUT2D eigenvalue weighted by Gasteiger charge is 2.53. The Bertz CT molecular complexity index is 577. The van der Waals surface area contributed by atoms with Crippen LogP contribution in [0.2, 0.25) is 0 Å². The topological polar surface area (TPSA) is 53.2 Å². The van der Waals surface area contributed by atoms with E-state index >= 15 is 0 Å². The number of fused-ring (bicyclic) bond motifs is 3. The Morgan fingerprint density at radius 1 is 1.40 bits per heavy atom. The third kappa shape index (κ3) is 1.75.